The van der Waals surface area contributed by atoms with Gasteiger partial charge in [-0.2, -0.15) is 0 Å². The fourth-order valence-corrected chi connectivity index (χ4v) is 3.97. The number of nitrogens with zero attached hydrogens (tertiary/aromatic N) is 2. The molecule has 8 heteroatoms. The van der Waals surface area contributed by atoms with Gasteiger partial charge in [0.15, 0.2) is 0 Å². The van der Waals surface area contributed by atoms with Crippen molar-refractivity contribution in [2.75, 3.05) is 24.6 Å². The van der Waals surface area contributed by atoms with Crippen LogP contribution in [0, 0.1) is 0 Å². The molecule has 7 nitrogen and oxygen atoms in total. The maximum atomic E-state index is 12.1. The van der Waals surface area contributed by atoms with E-state index in [1.807, 2.05) is 24.3 Å². The number of aromatic hydroxyl groups is 1. The molecule has 2 aromatic rings. The molecule has 144 valence electrons. The van der Waals surface area contributed by atoms with Gasteiger partial charge in [0, 0.05) is 38.0 Å². The number of thiazole rings is 1. The number of hydrogen-bond acceptors (Lipinski definition) is 7. The van der Waals surface area contributed by atoms with Crippen molar-refractivity contribution in [1.82, 2.24) is 4.57 Å². The van der Waals surface area contributed by atoms with Gasteiger partial charge >= 0.3 is 10.8 Å². The van der Waals surface area contributed by atoms with Gasteiger partial charge in [0.25, 0.3) is 0 Å². The predicted molar refractivity (Wildman–Crippen MR) is 103 cm³/mol. The third-order valence-corrected chi connectivity index (χ3v) is 5.48. The summed E-state index contributed by atoms with van der Waals surface area (Å²) in [5, 5.41) is 10.3. The third-order valence-electron chi connectivity index (χ3n) is 4.52. The normalized spacial score (nSPS) is 14.4. The number of hydrogen-bond donors (Lipinski definition) is 1. The van der Waals surface area contributed by atoms with Crippen molar-refractivity contribution >= 4 is 28.8 Å². The standard InChI is InChI=1S/C19H22N2O5S/c1-2-26-17(23)12-21-18(24)16(27-19(21)25)11-13-3-5-14(6-4-13)20-9-7-15(22)8-10-20/h3-6,24H,2,7-12H2,1H3. The Morgan fingerprint density at radius 1 is 1.19 bits per heavy atom. The molecule has 0 unspecified atom stereocenters. The molecular formula is C19H22N2O5S. The summed E-state index contributed by atoms with van der Waals surface area (Å²) in [5.74, 6) is -0.430. The van der Waals surface area contributed by atoms with Gasteiger partial charge in [-0.15, -0.1) is 0 Å². The zero-order valence-electron chi connectivity index (χ0n) is 15.1. The lowest BCUT2D eigenvalue weighted by atomic mass is 10.1. The van der Waals surface area contributed by atoms with Gasteiger partial charge in [-0.05, 0) is 24.6 Å². The van der Waals surface area contributed by atoms with E-state index in [2.05, 4.69) is 4.90 Å². The number of carbonyl (C=O) groups is 2. The van der Waals surface area contributed by atoms with E-state index in [9.17, 15) is 19.5 Å². The summed E-state index contributed by atoms with van der Waals surface area (Å²) >= 11 is 0.930. The summed E-state index contributed by atoms with van der Waals surface area (Å²) in [6.45, 7) is 3.09. The molecule has 0 saturated carbocycles. The van der Waals surface area contributed by atoms with E-state index in [4.69, 9.17) is 4.74 Å². The lowest BCUT2D eigenvalue weighted by Gasteiger charge is -2.28. The van der Waals surface area contributed by atoms with Crippen molar-refractivity contribution in [3.8, 4) is 5.88 Å². The molecule has 0 bridgehead atoms. The molecule has 1 aliphatic heterocycles. The Morgan fingerprint density at radius 2 is 1.85 bits per heavy atom. The molecule has 1 aromatic heterocycles. The van der Waals surface area contributed by atoms with Gasteiger partial charge in [-0.1, -0.05) is 23.5 Å². The fraction of sp³-hybridized carbons (Fsp3) is 0.421. The van der Waals surface area contributed by atoms with Crippen LogP contribution < -0.4 is 9.77 Å². The molecule has 3 rings (SSSR count). The van der Waals surface area contributed by atoms with Crippen LogP contribution in [0.15, 0.2) is 29.1 Å². The molecule has 1 fully saturated rings. The van der Waals surface area contributed by atoms with Gasteiger partial charge in [-0.3, -0.25) is 19.0 Å². The highest BCUT2D eigenvalue weighted by molar-refractivity contribution is 7.09. The Morgan fingerprint density at radius 3 is 2.48 bits per heavy atom. The number of ether oxygens (including phenoxy) is 1. The molecule has 0 radical (unpaired) electrons. The second kappa shape index (κ2) is 8.39. The van der Waals surface area contributed by atoms with Gasteiger partial charge in [-0.25, -0.2) is 0 Å². The Balaban J connectivity index is 1.69. The molecule has 0 amide bonds. The molecular weight excluding hydrogens is 368 g/mol. The molecule has 0 atom stereocenters. The zero-order chi connectivity index (χ0) is 19.4. The first-order valence-corrected chi connectivity index (χ1v) is 9.72. The minimum atomic E-state index is -0.552. The van der Waals surface area contributed by atoms with Crippen LogP contribution in [0.5, 0.6) is 5.88 Å². The molecule has 0 aliphatic carbocycles. The highest BCUT2D eigenvalue weighted by atomic mass is 32.1. The quantitative estimate of drug-likeness (QED) is 0.759. The smallest absolute Gasteiger partial charge is 0.326 e. The first kappa shape index (κ1) is 19.2. The van der Waals surface area contributed by atoms with Crippen LogP contribution in [0.1, 0.15) is 30.2 Å². The number of carbonyl (C=O) groups excluding carboxylic acids is 2. The monoisotopic (exact) mass is 390 g/mol. The van der Waals surface area contributed by atoms with Crippen LogP contribution in [0.2, 0.25) is 0 Å². The molecule has 0 spiro atoms. The third kappa shape index (κ3) is 4.57. The van der Waals surface area contributed by atoms with Crippen LogP contribution in [-0.4, -0.2) is 41.1 Å². The summed E-state index contributed by atoms with van der Waals surface area (Å²) in [4.78, 5) is 37.3. The second-order valence-corrected chi connectivity index (χ2v) is 7.42. The van der Waals surface area contributed by atoms with Crippen LogP contribution >= 0.6 is 11.3 Å². The average molecular weight is 390 g/mol. The van der Waals surface area contributed by atoms with Crippen molar-refractivity contribution in [2.45, 2.75) is 32.7 Å². The van der Waals surface area contributed by atoms with Gasteiger partial charge in [0.2, 0.25) is 5.88 Å². The maximum absolute atomic E-state index is 12.1. The van der Waals surface area contributed by atoms with Crippen molar-refractivity contribution in [1.29, 1.82) is 0 Å². The van der Waals surface area contributed by atoms with Crippen molar-refractivity contribution in [3.63, 3.8) is 0 Å². The minimum Gasteiger partial charge on any atom is -0.494 e. The molecule has 1 N–H and O–H groups in total. The van der Waals surface area contributed by atoms with E-state index < -0.39 is 5.97 Å². The first-order chi connectivity index (χ1) is 13.0. The molecule has 1 aromatic carbocycles. The second-order valence-electron chi connectivity index (χ2n) is 6.37. The number of piperidine rings is 1. The Kier molecular flexibility index (Phi) is 5.95. The lowest BCUT2D eigenvalue weighted by Crippen LogP contribution is -2.33. The largest absolute Gasteiger partial charge is 0.494 e. The van der Waals surface area contributed by atoms with Crippen LogP contribution in [0.3, 0.4) is 0 Å². The highest BCUT2D eigenvalue weighted by Crippen LogP contribution is 2.25. The van der Waals surface area contributed by atoms with E-state index in [1.54, 1.807) is 6.92 Å². The number of anilines is 1. The Labute approximate surface area is 160 Å². The summed E-state index contributed by atoms with van der Waals surface area (Å²) < 4.78 is 5.87. The predicted octanol–water partition coefficient (Wildman–Crippen LogP) is 1.94. The van der Waals surface area contributed by atoms with Gasteiger partial charge < -0.3 is 14.7 Å². The van der Waals surface area contributed by atoms with E-state index in [1.165, 1.54) is 0 Å². The summed E-state index contributed by atoms with van der Waals surface area (Å²) in [6.07, 6.45) is 1.56. The SMILES string of the molecule is CCOC(=O)Cn1c(O)c(Cc2ccc(N3CCC(=O)CC3)cc2)sc1=O. The maximum Gasteiger partial charge on any atom is 0.326 e. The highest BCUT2D eigenvalue weighted by Gasteiger charge is 2.18. The van der Waals surface area contributed by atoms with Gasteiger partial charge in [0.1, 0.15) is 12.3 Å². The first-order valence-electron chi connectivity index (χ1n) is 8.90. The van der Waals surface area contributed by atoms with Crippen molar-refractivity contribution in [2.24, 2.45) is 0 Å². The Hall–Kier alpha value is -2.61. The number of benzene rings is 1. The number of aromatic nitrogens is 1. The summed E-state index contributed by atoms with van der Waals surface area (Å²) in [7, 11) is 0. The van der Waals surface area contributed by atoms with Crippen LogP contribution in [-0.2, 0) is 27.3 Å². The van der Waals surface area contributed by atoms with Crippen molar-refractivity contribution in [3.05, 3.63) is 44.4 Å². The molecule has 2 heterocycles. The molecule has 1 saturated heterocycles. The van der Waals surface area contributed by atoms with E-state index in [-0.39, 0.29) is 23.9 Å². The molecule has 27 heavy (non-hydrogen) atoms. The number of esters is 1. The van der Waals surface area contributed by atoms with E-state index in [0.717, 1.165) is 40.2 Å². The molecule has 1 aliphatic rings. The topological polar surface area (TPSA) is 88.8 Å². The van der Waals surface area contributed by atoms with Crippen LogP contribution in [0.4, 0.5) is 5.69 Å². The van der Waals surface area contributed by atoms with Gasteiger partial charge in [0.05, 0.1) is 11.5 Å². The Bertz CT molecular complexity index is 874. The van der Waals surface area contributed by atoms with Crippen molar-refractivity contribution < 1.29 is 19.4 Å². The zero-order valence-corrected chi connectivity index (χ0v) is 16.0. The summed E-state index contributed by atoms with van der Waals surface area (Å²) in [6, 6.07) is 7.87. The van der Waals surface area contributed by atoms with Crippen LogP contribution in [0.25, 0.3) is 0 Å². The average Bonchev–Trinajstić information content (AvgIpc) is 2.91. The number of Topliss-reactive ketones (excluding diaryl/α,β-unsaturated/α-hetero) is 1. The summed E-state index contributed by atoms with van der Waals surface area (Å²) in [5.41, 5.74) is 2.01. The fourth-order valence-electron chi connectivity index (χ4n) is 3.06. The number of ketones is 1. The van der Waals surface area contributed by atoms with E-state index >= 15 is 0 Å². The minimum absolute atomic E-state index is 0.184. The number of rotatable bonds is 6. The van der Waals surface area contributed by atoms with E-state index in [0.29, 0.717) is 29.9 Å². The lowest BCUT2D eigenvalue weighted by molar-refractivity contribution is -0.143.